The van der Waals surface area contributed by atoms with Crippen molar-refractivity contribution in [2.24, 2.45) is 7.05 Å². The summed E-state index contributed by atoms with van der Waals surface area (Å²) in [6.07, 6.45) is 5.28. The largest absolute Gasteiger partial charge is 0.495 e. The second-order valence-electron chi connectivity index (χ2n) is 6.72. The number of nitrogens with one attached hydrogen (secondary N) is 2. The minimum atomic E-state index is -3.88. The van der Waals surface area contributed by atoms with E-state index in [4.69, 9.17) is 4.74 Å². The number of benzene rings is 2. The van der Waals surface area contributed by atoms with Gasteiger partial charge in [0.05, 0.1) is 23.9 Å². The molecule has 0 aliphatic carbocycles. The van der Waals surface area contributed by atoms with Crippen LogP contribution in [0, 0.1) is 0 Å². The zero-order valence-corrected chi connectivity index (χ0v) is 17.6. The number of sulfonamides is 1. The first-order chi connectivity index (χ1) is 14.4. The van der Waals surface area contributed by atoms with Crippen LogP contribution in [0.4, 0.5) is 5.69 Å². The summed E-state index contributed by atoms with van der Waals surface area (Å²) in [4.78, 5) is 12.4. The molecule has 0 aliphatic rings. The number of para-hydroxylation sites is 2. The van der Waals surface area contributed by atoms with Gasteiger partial charge in [0.2, 0.25) is 0 Å². The monoisotopic (exact) mass is 428 g/mol. The number of anilines is 1. The normalized spacial score (nSPS) is 11.1. The average molecular weight is 429 g/mol. The van der Waals surface area contributed by atoms with Gasteiger partial charge in [-0.1, -0.05) is 18.2 Å². The molecule has 0 fully saturated rings. The standard InChI is InChI=1S/C21H24N4O4S/c1-25-15-16(14-23-25)7-6-12-22-21(26)17-8-5-9-18(13-17)30(27,28)24-19-10-3-4-11-20(19)29-2/h3-5,8-11,13-15,24H,6-7,12H2,1-2H3,(H,22,26). The van der Waals surface area contributed by atoms with Crippen LogP contribution in [-0.2, 0) is 23.5 Å². The first kappa shape index (κ1) is 21.4. The highest BCUT2D eigenvalue weighted by Crippen LogP contribution is 2.26. The van der Waals surface area contributed by atoms with Gasteiger partial charge < -0.3 is 10.1 Å². The number of hydrogen-bond donors (Lipinski definition) is 2. The van der Waals surface area contributed by atoms with E-state index in [1.54, 1.807) is 47.3 Å². The maximum absolute atomic E-state index is 12.8. The zero-order chi connectivity index (χ0) is 21.6. The maximum Gasteiger partial charge on any atom is 0.262 e. The van der Waals surface area contributed by atoms with Gasteiger partial charge in [0.1, 0.15) is 5.75 Å². The van der Waals surface area contributed by atoms with E-state index in [2.05, 4.69) is 15.1 Å². The molecule has 0 saturated carbocycles. The summed E-state index contributed by atoms with van der Waals surface area (Å²) in [5.41, 5.74) is 1.70. The number of nitrogens with zero attached hydrogens (tertiary/aromatic N) is 2. The van der Waals surface area contributed by atoms with E-state index in [-0.39, 0.29) is 16.4 Å². The minimum Gasteiger partial charge on any atom is -0.495 e. The van der Waals surface area contributed by atoms with Gasteiger partial charge in [-0.15, -0.1) is 0 Å². The van der Waals surface area contributed by atoms with Crippen LogP contribution in [0.25, 0.3) is 0 Å². The third-order valence-electron chi connectivity index (χ3n) is 4.44. The lowest BCUT2D eigenvalue weighted by Crippen LogP contribution is -2.25. The highest BCUT2D eigenvalue weighted by atomic mass is 32.2. The van der Waals surface area contributed by atoms with Gasteiger partial charge in [-0.2, -0.15) is 5.10 Å². The molecule has 1 amide bonds. The highest BCUT2D eigenvalue weighted by Gasteiger charge is 2.18. The Kier molecular flexibility index (Phi) is 6.73. The smallest absolute Gasteiger partial charge is 0.262 e. The fraction of sp³-hybridized carbons (Fsp3) is 0.238. The van der Waals surface area contributed by atoms with Crippen LogP contribution in [0.15, 0.2) is 65.8 Å². The molecular formula is C21H24N4O4S. The van der Waals surface area contributed by atoms with Gasteiger partial charge in [0, 0.05) is 25.4 Å². The molecule has 1 heterocycles. The van der Waals surface area contributed by atoms with Crippen LogP contribution in [0.3, 0.4) is 0 Å². The zero-order valence-electron chi connectivity index (χ0n) is 16.8. The van der Waals surface area contributed by atoms with E-state index in [9.17, 15) is 13.2 Å². The first-order valence-electron chi connectivity index (χ1n) is 9.40. The van der Waals surface area contributed by atoms with Crippen LogP contribution in [0.5, 0.6) is 5.75 Å². The summed E-state index contributed by atoms with van der Waals surface area (Å²) >= 11 is 0. The van der Waals surface area contributed by atoms with Gasteiger partial charge in [0.25, 0.3) is 15.9 Å². The number of aromatic nitrogens is 2. The molecule has 2 aromatic carbocycles. The van der Waals surface area contributed by atoms with Crippen LogP contribution >= 0.6 is 0 Å². The van der Waals surface area contributed by atoms with Gasteiger partial charge in [-0.25, -0.2) is 8.42 Å². The van der Waals surface area contributed by atoms with Crippen molar-refractivity contribution >= 4 is 21.6 Å². The van der Waals surface area contributed by atoms with Crippen molar-refractivity contribution in [1.82, 2.24) is 15.1 Å². The van der Waals surface area contributed by atoms with E-state index < -0.39 is 10.0 Å². The Labute approximate surface area is 175 Å². The molecule has 0 radical (unpaired) electrons. The van der Waals surface area contributed by atoms with Gasteiger partial charge in [-0.3, -0.25) is 14.2 Å². The van der Waals surface area contributed by atoms with Crippen LogP contribution < -0.4 is 14.8 Å². The lowest BCUT2D eigenvalue weighted by molar-refractivity contribution is 0.0953. The van der Waals surface area contributed by atoms with E-state index >= 15 is 0 Å². The number of rotatable bonds is 9. The van der Waals surface area contributed by atoms with Gasteiger partial charge >= 0.3 is 0 Å². The SMILES string of the molecule is COc1ccccc1NS(=O)(=O)c1cccc(C(=O)NCCCc2cnn(C)c2)c1. The number of ether oxygens (including phenoxy) is 1. The van der Waals surface area contributed by atoms with Crippen molar-refractivity contribution < 1.29 is 17.9 Å². The maximum atomic E-state index is 12.8. The van der Waals surface area contributed by atoms with Crippen molar-refractivity contribution in [3.63, 3.8) is 0 Å². The van der Waals surface area contributed by atoms with Gasteiger partial charge in [0.15, 0.2) is 0 Å². The Hall–Kier alpha value is -3.33. The topological polar surface area (TPSA) is 102 Å². The third-order valence-corrected chi connectivity index (χ3v) is 5.81. The van der Waals surface area contributed by atoms with Gasteiger partial charge in [-0.05, 0) is 48.7 Å². The summed E-state index contributed by atoms with van der Waals surface area (Å²) in [6.45, 7) is 0.476. The number of carbonyl (C=O) groups is 1. The Balaban J connectivity index is 1.63. The lowest BCUT2D eigenvalue weighted by atomic mass is 10.2. The van der Waals surface area contributed by atoms with E-state index in [0.29, 0.717) is 18.0 Å². The predicted octanol–water partition coefficient (Wildman–Crippen LogP) is 2.59. The van der Waals surface area contributed by atoms with Crippen molar-refractivity contribution in [2.75, 3.05) is 18.4 Å². The van der Waals surface area contributed by atoms with Crippen molar-refractivity contribution in [3.8, 4) is 5.75 Å². The Morgan fingerprint density at radius 2 is 1.97 bits per heavy atom. The molecule has 0 bridgehead atoms. The third kappa shape index (κ3) is 5.38. The fourth-order valence-corrected chi connectivity index (χ4v) is 4.05. The minimum absolute atomic E-state index is 0.00332. The van der Waals surface area contributed by atoms with Crippen LogP contribution in [-0.4, -0.2) is 37.8 Å². The number of aryl methyl sites for hydroxylation is 2. The second-order valence-corrected chi connectivity index (χ2v) is 8.40. The number of carbonyl (C=O) groups excluding carboxylic acids is 1. The summed E-state index contributed by atoms with van der Waals surface area (Å²) in [6, 6.07) is 12.6. The summed E-state index contributed by atoms with van der Waals surface area (Å²) in [5.74, 6) is 0.0825. The first-order valence-corrected chi connectivity index (χ1v) is 10.9. The molecule has 8 nitrogen and oxygen atoms in total. The number of methoxy groups -OCH3 is 1. The lowest BCUT2D eigenvalue weighted by Gasteiger charge is -2.12. The highest BCUT2D eigenvalue weighted by molar-refractivity contribution is 7.92. The molecular weight excluding hydrogens is 404 g/mol. The molecule has 1 aromatic heterocycles. The molecule has 158 valence electrons. The molecule has 30 heavy (non-hydrogen) atoms. The molecule has 9 heteroatoms. The molecule has 0 aliphatic heterocycles. The van der Waals surface area contributed by atoms with Crippen molar-refractivity contribution in [3.05, 3.63) is 72.1 Å². The van der Waals surface area contributed by atoms with E-state index in [1.165, 1.54) is 19.2 Å². The van der Waals surface area contributed by atoms with Crippen LogP contribution in [0.1, 0.15) is 22.3 Å². The Morgan fingerprint density at radius 1 is 1.17 bits per heavy atom. The average Bonchev–Trinajstić information content (AvgIpc) is 3.16. The Morgan fingerprint density at radius 3 is 2.70 bits per heavy atom. The van der Waals surface area contributed by atoms with E-state index in [1.807, 2.05) is 13.2 Å². The molecule has 0 unspecified atom stereocenters. The Bertz CT molecular complexity index is 1130. The molecule has 2 N–H and O–H groups in total. The second kappa shape index (κ2) is 9.45. The predicted molar refractivity (Wildman–Crippen MR) is 114 cm³/mol. The summed E-state index contributed by atoms with van der Waals surface area (Å²) in [5, 5.41) is 6.93. The van der Waals surface area contributed by atoms with Crippen molar-refractivity contribution in [2.45, 2.75) is 17.7 Å². The number of amides is 1. The number of hydrogen-bond acceptors (Lipinski definition) is 5. The van der Waals surface area contributed by atoms with Crippen molar-refractivity contribution in [1.29, 1.82) is 0 Å². The van der Waals surface area contributed by atoms with Crippen LogP contribution in [0.2, 0.25) is 0 Å². The molecule has 3 aromatic rings. The molecule has 0 atom stereocenters. The fourth-order valence-electron chi connectivity index (χ4n) is 2.93. The quantitative estimate of drug-likeness (QED) is 0.510. The molecule has 0 saturated heterocycles. The molecule has 3 rings (SSSR count). The summed E-state index contributed by atoms with van der Waals surface area (Å²) < 4.78 is 34.9. The molecule has 0 spiro atoms. The van der Waals surface area contributed by atoms with E-state index in [0.717, 1.165) is 18.4 Å². The summed E-state index contributed by atoms with van der Waals surface area (Å²) in [7, 11) is -0.559.